The fourth-order valence-corrected chi connectivity index (χ4v) is 3.59. The average molecular weight is 379 g/mol. The number of thioether (sulfide) groups is 1. The third-order valence-corrected chi connectivity index (χ3v) is 4.95. The normalized spacial score (nSPS) is 17.0. The van der Waals surface area contributed by atoms with Crippen LogP contribution in [0.1, 0.15) is 23.4 Å². The van der Waals surface area contributed by atoms with E-state index in [1.54, 1.807) is 11.8 Å². The Kier molecular flexibility index (Phi) is 4.59. The van der Waals surface area contributed by atoms with Crippen molar-refractivity contribution in [2.45, 2.75) is 12.3 Å². The second kappa shape index (κ2) is 6.62. The van der Waals surface area contributed by atoms with Crippen molar-refractivity contribution >= 4 is 32.7 Å². The highest BCUT2D eigenvalue weighted by molar-refractivity contribution is 9.10. The largest absolute Gasteiger partial charge is 0.503 e. The van der Waals surface area contributed by atoms with Crippen LogP contribution in [0.15, 0.2) is 52.0 Å². The average Bonchev–Trinajstić information content (AvgIpc) is 3.02. The standard InChI is InChI=1S/C16H15BrN2O2S/c1-2-21-13-9-11(8-12(17)14(13)20)16-19-18-15(22-16)10-6-4-3-5-7-10/h3-9,16,19-20H,2H2,1H3. The number of hydrogen-bond acceptors (Lipinski definition) is 5. The van der Waals surface area contributed by atoms with Gasteiger partial charge in [-0.15, -0.1) is 0 Å². The van der Waals surface area contributed by atoms with E-state index in [1.165, 1.54) is 0 Å². The molecule has 1 unspecified atom stereocenters. The minimum absolute atomic E-state index is 0.00804. The molecule has 1 heterocycles. The Labute approximate surface area is 141 Å². The molecule has 4 nitrogen and oxygen atoms in total. The Morgan fingerprint density at radius 1 is 1.32 bits per heavy atom. The van der Waals surface area contributed by atoms with E-state index in [-0.39, 0.29) is 11.1 Å². The number of phenolic OH excluding ortho intramolecular Hbond substituents is 1. The number of hydrazone groups is 1. The zero-order valence-corrected chi connectivity index (χ0v) is 14.3. The van der Waals surface area contributed by atoms with Gasteiger partial charge in [-0.05, 0) is 40.5 Å². The van der Waals surface area contributed by atoms with Gasteiger partial charge in [-0.3, -0.25) is 5.43 Å². The molecule has 0 saturated heterocycles. The van der Waals surface area contributed by atoms with E-state index in [0.29, 0.717) is 16.8 Å². The zero-order valence-electron chi connectivity index (χ0n) is 11.9. The smallest absolute Gasteiger partial charge is 0.172 e. The fraction of sp³-hybridized carbons (Fsp3) is 0.188. The SMILES string of the molecule is CCOc1cc(C2NN=C(c3ccccc3)S2)cc(Br)c1O. The van der Waals surface area contributed by atoms with Gasteiger partial charge in [0.2, 0.25) is 0 Å². The predicted molar refractivity (Wildman–Crippen MR) is 93.4 cm³/mol. The minimum atomic E-state index is -0.00804. The molecule has 1 atom stereocenters. The number of ether oxygens (including phenoxy) is 1. The van der Waals surface area contributed by atoms with Crippen LogP contribution in [-0.4, -0.2) is 16.8 Å². The molecule has 0 bridgehead atoms. The van der Waals surface area contributed by atoms with Crippen LogP contribution in [0.3, 0.4) is 0 Å². The first kappa shape index (κ1) is 15.2. The van der Waals surface area contributed by atoms with Crippen molar-refractivity contribution in [2.24, 2.45) is 5.10 Å². The molecule has 0 fully saturated rings. The van der Waals surface area contributed by atoms with Crippen LogP contribution < -0.4 is 10.2 Å². The van der Waals surface area contributed by atoms with Gasteiger partial charge in [-0.1, -0.05) is 42.1 Å². The molecule has 0 saturated carbocycles. The third kappa shape index (κ3) is 3.08. The lowest BCUT2D eigenvalue weighted by molar-refractivity contribution is 0.316. The lowest BCUT2D eigenvalue weighted by atomic mass is 10.2. The maximum atomic E-state index is 10.00. The molecule has 3 rings (SSSR count). The number of benzene rings is 2. The molecule has 2 aromatic carbocycles. The van der Waals surface area contributed by atoms with Gasteiger partial charge in [-0.2, -0.15) is 5.10 Å². The molecule has 0 amide bonds. The molecule has 0 aromatic heterocycles. The molecule has 1 aliphatic rings. The van der Waals surface area contributed by atoms with Crippen molar-refractivity contribution in [1.29, 1.82) is 0 Å². The van der Waals surface area contributed by atoms with E-state index in [9.17, 15) is 5.11 Å². The summed E-state index contributed by atoms with van der Waals surface area (Å²) in [7, 11) is 0. The maximum absolute atomic E-state index is 10.00. The summed E-state index contributed by atoms with van der Waals surface area (Å²) in [5.74, 6) is 0.597. The van der Waals surface area contributed by atoms with Gasteiger partial charge < -0.3 is 9.84 Å². The summed E-state index contributed by atoms with van der Waals surface area (Å²) < 4.78 is 6.09. The van der Waals surface area contributed by atoms with Gasteiger partial charge in [0, 0.05) is 5.56 Å². The van der Waals surface area contributed by atoms with Crippen LogP contribution in [0.25, 0.3) is 0 Å². The minimum Gasteiger partial charge on any atom is -0.503 e. The quantitative estimate of drug-likeness (QED) is 0.834. The monoisotopic (exact) mass is 378 g/mol. The van der Waals surface area contributed by atoms with Gasteiger partial charge >= 0.3 is 0 Å². The Morgan fingerprint density at radius 3 is 2.82 bits per heavy atom. The van der Waals surface area contributed by atoms with Gasteiger partial charge in [-0.25, -0.2) is 0 Å². The highest BCUT2D eigenvalue weighted by atomic mass is 79.9. The number of phenols is 1. The topological polar surface area (TPSA) is 53.8 Å². The van der Waals surface area contributed by atoms with E-state index in [1.807, 2.05) is 49.4 Å². The van der Waals surface area contributed by atoms with E-state index < -0.39 is 0 Å². The molecule has 2 aromatic rings. The number of aromatic hydroxyl groups is 1. The van der Waals surface area contributed by atoms with E-state index in [0.717, 1.165) is 16.2 Å². The molecule has 0 aliphatic carbocycles. The molecular weight excluding hydrogens is 364 g/mol. The molecule has 6 heteroatoms. The van der Waals surface area contributed by atoms with Crippen LogP contribution in [0, 0.1) is 0 Å². The zero-order chi connectivity index (χ0) is 15.5. The number of nitrogens with zero attached hydrogens (tertiary/aromatic N) is 1. The van der Waals surface area contributed by atoms with E-state index in [4.69, 9.17) is 4.74 Å². The lowest BCUT2D eigenvalue weighted by Gasteiger charge is -2.14. The van der Waals surface area contributed by atoms with Crippen molar-refractivity contribution < 1.29 is 9.84 Å². The number of halogens is 1. The number of hydrogen-bond donors (Lipinski definition) is 2. The Bertz CT molecular complexity index is 707. The third-order valence-electron chi connectivity index (χ3n) is 3.19. The molecular formula is C16H15BrN2O2S. The molecule has 22 heavy (non-hydrogen) atoms. The second-order valence-corrected chi connectivity index (χ2v) is 6.64. The van der Waals surface area contributed by atoms with Crippen LogP contribution in [0.5, 0.6) is 11.5 Å². The Hall–Kier alpha value is -1.66. The summed E-state index contributed by atoms with van der Waals surface area (Å²) >= 11 is 5.01. The summed E-state index contributed by atoms with van der Waals surface area (Å²) in [4.78, 5) is 0. The lowest BCUT2D eigenvalue weighted by Crippen LogP contribution is -2.07. The first-order chi connectivity index (χ1) is 10.7. The fourth-order valence-electron chi connectivity index (χ4n) is 2.15. The summed E-state index contributed by atoms with van der Waals surface area (Å²) in [6.45, 7) is 2.39. The van der Waals surface area contributed by atoms with Crippen molar-refractivity contribution in [3.8, 4) is 11.5 Å². The van der Waals surface area contributed by atoms with Crippen LogP contribution >= 0.6 is 27.7 Å². The van der Waals surface area contributed by atoms with Gasteiger partial charge in [0.1, 0.15) is 10.4 Å². The first-order valence-corrected chi connectivity index (χ1v) is 8.56. The highest BCUT2D eigenvalue weighted by Crippen LogP contribution is 2.41. The predicted octanol–water partition coefficient (Wildman–Crippen LogP) is 4.25. The second-order valence-electron chi connectivity index (χ2n) is 4.69. The highest BCUT2D eigenvalue weighted by Gasteiger charge is 2.24. The molecule has 0 spiro atoms. The summed E-state index contributed by atoms with van der Waals surface area (Å²) in [5.41, 5.74) is 5.21. The number of nitrogens with one attached hydrogen (secondary N) is 1. The molecule has 0 radical (unpaired) electrons. The number of rotatable bonds is 4. The van der Waals surface area contributed by atoms with Crippen LogP contribution in [-0.2, 0) is 0 Å². The van der Waals surface area contributed by atoms with Crippen molar-refractivity contribution in [3.63, 3.8) is 0 Å². The summed E-state index contributed by atoms with van der Waals surface area (Å²) in [6, 6.07) is 13.8. The van der Waals surface area contributed by atoms with Gasteiger partial charge in [0.15, 0.2) is 11.5 Å². The molecule has 2 N–H and O–H groups in total. The molecule has 114 valence electrons. The summed E-state index contributed by atoms with van der Waals surface area (Å²) in [5, 5.41) is 15.3. The van der Waals surface area contributed by atoms with Gasteiger partial charge in [0.25, 0.3) is 0 Å². The van der Waals surface area contributed by atoms with Crippen LogP contribution in [0.2, 0.25) is 0 Å². The summed E-state index contributed by atoms with van der Waals surface area (Å²) in [6.07, 6.45) is 0. The van der Waals surface area contributed by atoms with Crippen molar-refractivity contribution in [2.75, 3.05) is 6.61 Å². The van der Waals surface area contributed by atoms with E-state index >= 15 is 0 Å². The van der Waals surface area contributed by atoms with Crippen molar-refractivity contribution in [1.82, 2.24) is 5.43 Å². The maximum Gasteiger partial charge on any atom is 0.172 e. The molecule has 1 aliphatic heterocycles. The Morgan fingerprint density at radius 2 is 2.09 bits per heavy atom. The van der Waals surface area contributed by atoms with Gasteiger partial charge in [0.05, 0.1) is 11.1 Å². The van der Waals surface area contributed by atoms with Crippen LogP contribution in [0.4, 0.5) is 0 Å². The Balaban J connectivity index is 1.82. The van der Waals surface area contributed by atoms with E-state index in [2.05, 4.69) is 26.5 Å². The first-order valence-electron chi connectivity index (χ1n) is 6.89. The van der Waals surface area contributed by atoms with Crippen molar-refractivity contribution in [3.05, 3.63) is 58.1 Å².